The molecule has 0 fully saturated rings. The molecule has 0 saturated heterocycles. The van der Waals surface area contributed by atoms with Gasteiger partial charge < -0.3 is 9.84 Å². The molecule has 0 aliphatic carbocycles. The molecule has 0 aromatic heterocycles. The molecule has 0 unspecified atom stereocenters. The van der Waals surface area contributed by atoms with E-state index in [2.05, 4.69) is 15.9 Å². The molecule has 0 bridgehead atoms. The van der Waals surface area contributed by atoms with Crippen molar-refractivity contribution in [2.24, 2.45) is 0 Å². The molecule has 5 heteroatoms. The van der Waals surface area contributed by atoms with Crippen molar-refractivity contribution in [2.75, 3.05) is 18.6 Å². The van der Waals surface area contributed by atoms with Gasteiger partial charge in [0, 0.05) is 21.9 Å². The quantitative estimate of drug-likeness (QED) is 0.646. The van der Waals surface area contributed by atoms with Gasteiger partial charge in [0.1, 0.15) is 5.75 Å². The number of thioether (sulfide) groups is 1. The maximum absolute atomic E-state index is 10.5. The first kappa shape index (κ1) is 14.1. The molecule has 0 atom stereocenters. The highest BCUT2D eigenvalue weighted by molar-refractivity contribution is 9.10. The number of hydrogen-bond acceptors (Lipinski definition) is 3. The summed E-state index contributed by atoms with van der Waals surface area (Å²) in [6, 6.07) is 5.52. The third kappa shape index (κ3) is 5.28. The molecule has 0 aliphatic heterocycles. The maximum atomic E-state index is 10.5. The van der Waals surface area contributed by atoms with Gasteiger partial charge in [-0.3, -0.25) is 0 Å². The summed E-state index contributed by atoms with van der Waals surface area (Å²) in [5.41, 5.74) is 0.753. The van der Waals surface area contributed by atoms with E-state index in [1.54, 1.807) is 11.8 Å². The first-order chi connectivity index (χ1) is 8.13. The van der Waals surface area contributed by atoms with Crippen LogP contribution in [0.5, 0.6) is 5.75 Å². The van der Waals surface area contributed by atoms with Crippen LogP contribution in [-0.4, -0.2) is 29.7 Å². The Kier molecular flexibility index (Phi) is 6.15. The summed E-state index contributed by atoms with van der Waals surface area (Å²) < 4.78 is 6.47. The second kappa shape index (κ2) is 7.40. The van der Waals surface area contributed by atoms with Gasteiger partial charge in [-0.25, -0.2) is 4.79 Å². The number of benzene rings is 1. The summed E-state index contributed by atoms with van der Waals surface area (Å²) >= 11 is 5.05. The Labute approximate surface area is 113 Å². The third-order valence-electron chi connectivity index (χ3n) is 1.92. The van der Waals surface area contributed by atoms with Crippen molar-refractivity contribution in [3.8, 4) is 5.75 Å². The lowest BCUT2D eigenvalue weighted by Gasteiger charge is -2.08. The van der Waals surface area contributed by atoms with E-state index in [0.29, 0.717) is 12.4 Å². The fraction of sp³-hybridized carbons (Fsp3) is 0.250. The molecule has 0 spiro atoms. The van der Waals surface area contributed by atoms with Crippen LogP contribution in [0.25, 0.3) is 6.08 Å². The number of ether oxygens (including phenoxy) is 1. The van der Waals surface area contributed by atoms with Gasteiger partial charge in [-0.15, -0.1) is 0 Å². The summed E-state index contributed by atoms with van der Waals surface area (Å²) in [6.07, 6.45) is 4.64. The summed E-state index contributed by atoms with van der Waals surface area (Å²) in [7, 11) is 0. The molecule has 0 heterocycles. The van der Waals surface area contributed by atoms with Crippen LogP contribution < -0.4 is 4.74 Å². The molecular weight excluding hydrogens is 304 g/mol. The zero-order valence-electron chi connectivity index (χ0n) is 9.35. The summed E-state index contributed by atoms with van der Waals surface area (Å²) in [4.78, 5) is 10.5. The van der Waals surface area contributed by atoms with Gasteiger partial charge in [-0.05, 0) is 30.5 Å². The average Bonchev–Trinajstić information content (AvgIpc) is 2.29. The Balaban J connectivity index is 2.83. The SMILES string of the molecule is CSCCOc1ccc(Br)cc1/C=C/C(=O)O. The molecule has 0 amide bonds. The number of aliphatic carboxylic acids is 1. The van der Waals surface area contributed by atoms with Crippen LogP contribution in [0.2, 0.25) is 0 Å². The summed E-state index contributed by atoms with van der Waals surface area (Å²) in [5.74, 6) is 0.623. The van der Waals surface area contributed by atoms with Crippen LogP contribution in [0.15, 0.2) is 28.7 Å². The minimum Gasteiger partial charge on any atom is -0.492 e. The lowest BCUT2D eigenvalue weighted by Crippen LogP contribution is -2.01. The normalized spacial score (nSPS) is 10.7. The van der Waals surface area contributed by atoms with Crippen molar-refractivity contribution in [3.05, 3.63) is 34.3 Å². The predicted octanol–water partition coefficient (Wildman–Crippen LogP) is 3.29. The van der Waals surface area contributed by atoms with Crippen molar-refractivity contribution in [2.45, 2.75) is 0 Å². The first-order valence-electron chi connectivity index (χ1n) is 4.96. The molecular formula is C12H13BrO3S. The lowest BCUT2D eigenvalue weighted by molar-refractivity contribution is -0.131. The van der Waals surface area contributed by atoms with Gasteiger partial charge in [0.25, 0.3) is 0 Å². The minimum atomic E-state index is -0.972. The number of rotatable bonds is 6. The molecule has 0 aliphatic rings. The Morgan fingerprint density at radius 3 is 3.00 bits per heavy atom. The zero-order chi connectivity index (χ0) is 12.7. The van der Waals surface area contributed by atoms with Crippen molar-refractivity contribution in [1.82, 2.24) is 0 Å². The van der Waals surface area contributed by atoms with Gasteiger partial charge >= 0.3 is 5.97 Å². The number of hydrogen-bond donors (Lipinski definition) is 1. The predicted molar refractivity (Wildman–Crippen MR) is 74.7 cm³/mol. The van der Waals surface area contributed by atoms with Crippen LogP contribution in [0.1, 0.15) is 5.56 Å². The van der Waals surface area contributed by atoms with Crippen LogP contribution >= 0.6 is 27.7 Å². The van der Waals surface area contributed by atoms with E-state index in [1.807, 2.05) is 24.5 Å². The van der Waals surface area contributed by atoms with E-state index in [1.165, 1.54) is 6.08 Å². The van der Waals surface area contributed by atoms with Crippen molar-refractivity contribution in [3.63, 3.8) is 0 Å². The molecule has 17 heavy (non-hydrogen) atoms. The van der Waals surface area contributed by atoms with E-state index in [4.69, 9.17) is 9.84 Å². The maximum Gasteiger partial charge on any atom is 0.328 e. The van der Waals surface area contributed by atoms with E-state index in [0.717, 1.165) is 21.9 Å². The molecule has 0 radical (unpaired) electrons. The first-order valence-corrected chi connectivity index (χ1v) is 7.14. The molecule has 1 aromatic carbocycles. The summed E-state index contributed by atoms with van der Waals surface area (Å²) in [6.45, 7) is 0.608. The molecule has 1 aromatic rings. The van der Waals surface area contributed by atoms with Crippen LogP contribution in [-0.2, 0) is 4.79 Å². The smallest absolute Gasteiger partial charge is 0.328 e. The largest absolute Gasteiger partial charge is 0.492 e. The Morgan fingerprint density at radius 1 is 1.59 bits per heavy atom. The van der Waals surface area contributed by atoms with Crippen molar-refractivity contribution < 1.29 is 14.6 Å². The van der Waals surface area contributed by atoms with Gasteiger partial charge in [0.05, 0.1) is 6.61 Å². The van der Waals surface area contributed by atoms with E-state index >= 15 is 0 Å². The van der Waals surface area contributed by atoms with Gasteiger partial charge in [0.2, 0.25) is 0 Å². The Bertz CT molecular complexity index is 418. The van der Waals surface area contributed by atoms with E-state index < -0.39 is 5.97 Å². The number of carbonyl (C=O) groups is 1. The van der Waals surface area contributed by atoms with Crippen LogP contribution in [0.4, 0.5) is 0 Å². The van der Waals surface area contributed by atoms with Gasteiger partial charge in [-0.2, -0.15) is 11.8 Å². The highest BCUT2D eigenvalue weighted by atomic mass is 79.9. The van der Waals surface area contributed by atoms with Gasteiger partial charge in [0.15, 0.2) is 0 Å². The molecule has 1 N–H and O–H groups in total. The fourth-order valence-electron chi connectivity index (χ4n) is 1.18. The van der Waals surface area contributed by atoms with Gasteiger partial charge in [-0.1, -0.05) is 15.9 Å². The average molecular weight is 317 g/mol. The second-order valence-corrected chi connectivity index (χ2v) is 5.10. The number of carboxylic acid groups (broad SMARTS) is 1. The molecule has 92 valence electrons. The second-order valence-electron chi connectivity index (χ2n) is 3.19. The topological polar surface area (TPSA) is 46.5 Å². The fourth-order valence-corrected chi connectivity index (χ4v) is 1.81. The standard InChI is InChI=1S/C12H13BrO3S/c1-17-7-6-16-11-4-3-10(13)8-9(11)2-5-12(14)15/h2-5,8H,6-7H2,1H3,(H,14,15)/b5-2+. The number of carboxylic acids is 1. The van der Waals surface area contributed by atoms with Crippen molar-refractivity contribution >= 4 is 39.7 Å². The van der Waals surface area contributed by atoms with E-state index in [-0.39, 0.29) is 0 Å². The van der Waals surface area contributed by atoms with Crippen LogP contribution in [0.3, 0.4) is 0 Å². The monoisotopic (exact) mass is 316 g/mol. The Morgan fingerprint density at radius 2 is 2.35 bits per heavy atom. The summed E-state index contributed by atoms with van der Waals surface area (Å²) in [5, 5.41) is 8.61. The van der Waals surface area contributed by atoms with Crippen LogP contribution in [0, 0.1) is 0 Å². The lowest BCUT2D eigenvalue weighted by atomic mass is 10.2. The zero-order valence-corrected chi connectivity index (χ0v) is 11.8. The molecule has 0 saturated carbocycles. The third-order valence-corrected chi connectivity index (χ3v) is 2.99. The minimum absolute atomic E-state index is 0.608. The molecule has 1 rings (SSSR count). The number of halogens is 1. The van der Waals surface area contributed by atoms with Crippen molar-refractivity contribution in [1.29, 1.82) is 0 Å². The molecule has 3 nitrogen and oxygen atoms in total. The Hall–Kier alpha value is -0.940. The highest BCUT2D eigenvalue weighted by Gasteiger charge is 2.02. The highest BCUT2D eigenvalue weighted by Crippen LogP contribution is 2.24. The van der Waals surface area contributed by atoms with E-state index in [9.17, 15) is 4.79 Å².